The predicted octanol–water partition coefficient (Wildman–Crippen LogP) is 4.21. The lowest BCUT2D eigenvalue weighted by Gasteiger charge is -2.17. The van der Waals surface area contributed by atoms with E-state index in [1.807, 2.05) is 25.1 Å². The van der Waals surface area contributed by atoms with Crippen LogP contribution in [0.5, 0.6) is 17.2 Å². The number of hydrogen-bond acceptors (Lipinski definition) is 5. The van der Waals surface area contributed by atoms with Crippen molar-refractivity contribution in [1.82, 2.24) is 0 Å². The molecule has 0 fully saturated rings. The second-order valence-corrected chi connectivity index (χ2v) is 5.78. The molecule has 0 spiro atoms. The fourth-order valence-corrected chi connectivity index (χ4v) is 2.47. The second kappa shape index (κ2) is 7.34. The zero-order valence-electron chi connectivity index (χ0n) is 14.6. The van der Waals surface area contributed by atoms with Crippen LogP contribution < -0.4 is 14.2 Å². The van der Waals surface area contributed by atoms with Crippen molar-refractivity contribution in [2.24, 2.45) is 0 Å². The van der Waals surface area contributed by atoms with E-state index in [-0.39, 0.29) is 0 Å². The summed E-state index contributed by atoms with van der Waals surface area (Å²) in [5, 5.41) is 1.37. The molecular formula is C19H22O5. The summed E-state index contributed by atoms with van der Waals surface area (Å²) >= 11 is 0. The molecule has 0 saturated heterocycles. The van der Waals surface area contributed by atoms with Crippen LogP contribution in [0, 0.1) is 0 Å². The zero-order chi connectivity index (χ0) is 17.9. The van der Waals surface area contributed by atoms with Crippen molar-refractivity contribution < 1.29 is 23.8 Å². The number of fused-ring (bicyclic) bond motifs is 1. The predicted molar refractivity (Wildman–Crippen MR) is 91.8 cm³/mol. The number of benzene rings is 2. The zero-order valence-corrected chi connectivity index (χ0v) is 14.6. The van der Waals surface area contributed by atoms with Crippen LogP contribution in [0.1, 0.15) is 46.1 Å². The monoisotopic (exact) mass is 330 g/mol. The number of hydrogen-bond donors (Lipinski definition) is 0. The van der Waals surface area contributed by atoms with Crippen molar-refractivity contribution in [2.75, 3.05) is 6.61 Å². The molecular weight excluding hydrogens is 308 g/mol. The van der Waals surface area contributed by atoms with Crippen LogP contribution in [-0.4, -0.2) is 18.5 Å². The highest BCUT2D eigenvalue weighted by molar-refractivity contribution is 5.98. The van der Waals surface area contributed by atoms with Crippen LogP contribution in [0.3, 0.4) is 0 Å². The van der Waals surface area contributed by atoms with Crippen molar-refractivity contribution in [1.29, 1.82) is 0 Å². The van der Waals surface area contributed by atoms with Gasteiger partial charge >= 0.3 is 11.9 Å². The minimum Gasteiger partial charge on any atom is -0.490 e. The largest absolute Gasteiger partial charge is 0.490 e. The van der Waals surface area contributed by atoms with Crippen LogP contribution in [-0.2, 0) is 9.59 Å². The quantitative estimate of drug-likeness (QED) is 0.607. The summed E-state index contributed by atoms with van der Waals surface area (Å²) in [7, 11) is 0. The van der Waals surface area contributed by atoms with Crippen LogP contribution in [0.4, 0.5) is 0 Å². The van der Waals surface area contributed by atoms with Gasteiger partial charge in [0.25, 0.3) is 0 Å². The number of ether oxygens (including phenoxy) is 3. The van der Waals surface area contributed by atoms with Gasteiger partial charge in [-0.3, -0.25) is 9.59 Å². The molecule has 0 heterocycles. The topological polar surface area (TPSA) is 61.8 Å². The summed E-state index contributed by atoms with van der Waals surface area (Å²) in [6.07, 6.45) is 0. The molecule has 5 heteroatoms. The molecule has 0 saturated carbocycles. The molecule has 2 aromatic rings. The van der Waals surface area contributed by atoms with E-state index in [0.29, 0.717) is 40.5 Å². The normalized spacial score (nSPS) is 10.8. The molecule has 0 amide bonds. The van der Waals surface area contributed by atoms with Crippen molar-refractivity contribution in [3.05, 3.63) is 29.8 Å². The minimum absolute atomic E-state index is 0.309. The smallest absolute Gasteiger partial charge is 0.308 e. The average molecular weight is 330 g/mol. The number of carbonyl (C=O) groups excluding carboxylic acids is 2. The van der Waals surface area contributed by atoms with E-state index in [4.69, 9.17) is 14.2 Å². The standard InChI is InChI=1S/C19H22O5/c1-6-22-18-10-17(23-12(4)20)16-9-14(11(2)3)7-8-15(16)19(18)24-13(5)21/h7-11H,6H2,1-5H3. The van der Waals surface area contributed by atoms with Gasteiger partial charge in [-0.05, 0) is 24.5 Å². The van der Waals surface area contributed by atoms with Crippen molar-refractivity contribution in [3.8, 4) is 17.2 Å². The van der Waals surface area contributed by atoms with E-state index >= 15 is 0 Å². The Bertz CT molecular complexity index is 777. The molecule has 0 radical (unpaired) electrons. The van der Waals surface area contributed by atoms with Gasteiger partial charge in [-0.25, -0.2) is 0 Å². The Morgan fingerprint density at radius 3 is 2.17 bits per heavy atom. The fraction of sp³-hybridized carbons (Fsp3) is 0.368. The highest BCUT2D eigenvalue weighted by Gasteiger charge is 2.19. The molecule has 0 N–H and O–H groups in total. The van der Waals surface area contributed by atoms with Crippen LogP contribution in [0.25, 0.3) is 10.8 Å². The van der Waals surface area contributed by atoms with E-state index in [1.54, 1.807) is 6.07 Å². The summed E-state index contributed by atoms with van der Waals surface area (Å²) < 4.78 is 16.3. The van der Waals surface area contributed by atoms with Crippen LogP contribution in [0.15, 0.2) is 24.3 Å². The van der Waals surface area contributed by atoms with Gasteiger partial charge in [0, 0.05) is 30.7 Å². The maximum absolute atomic E-state index is 11.5. The first-order valence-electron chi connectivity index (χ1n) is 7.93. The highest BCUT2D eigenvalue weighted by Crippen LogP contribution is 2.43. The maximum Gasteiger partial charge on any atom is 0.308 e. The number of esters is 2. The van der Waals surface area contributed by atoms with Gasteiger partial charge in [0.05, 0.1) is 6.61 Å². The van der Waals surface area contributed by atoms with Gasteiger partial charge in [-0.15, -0.1) is 0 Å². The van der Waals surface area contributed by atoms with Crippen LogP contribution >= 0.6 is 0 Å². The van der Waals surface area contributed by atoms with Crippen molar-refractivity contribution in [2.45, 2.75) is 40.5 Å². The number of rotatable bonds is 5. The molecule has 0 bridgehead atoms. The Morgan fingerprint density at radius 1 is 0.958 bits per heavy atom. The first-order valence-corrected chi connectivity index (χ1v) is 7.93. The first-order chi connectivity index (χ1) is 11.3. The lowest BCUT2D eigenvalue weighted by Crippen LogP contribution is -2.07. The molecule has 2 rings (SSSR count). The summed E-state index contributed by atoms with van der Waals surface area (Å²) in [5.74, 6) is 0.543. The van der Waals surface area contributed by atoms with Gasteiger partial charge in [-0.2, -0.15) is 0 Å². The third-order valence-corrected chi connectivity index (χ3v) is 3.51. The minimum atomic E-state index is -0.439. The lowest BCUT2D eigenvalue weighted by molar-refractivity contribution is -0.133. The lowest BCUT2D eigenvalue weighted by atomic mass is 9.98. The Hall–Kier alpha value is -2.56. The highest BCUT2D eigenvalue weighted by atomic mass is 16.6. The second-order valence-electron chi connectivity index (χ2n) is 5.78. The molecule has 0 unspecified atom stereocenters. The summed E-state index contributed by atoms with van der Waals surface area (Å²) in [4.78, 5) is 22.9. The SMILES string of the molecule is CCOc1cc(OC(C)=O)c2cc(C(C)C)ccc2c1OC(C)=O. The summed E-state index contributed by atoms with van der Waals surface area (Å²) in [6.45, 7) is 9.06. The Morgan fingerprint density at radius 2 is 1.62 bits per heavy atom. The van der Waals surface area contributed by atoms with Crippen LogP contribution in [0.2, 0.25) is 0 Å². The van der Waals surface area contributed by atoms with Crippen molar-refractivity contribution >= 4 is 22.7 Å². The van der Waals surface area contributed by atoms with E-state index in [2.05, 4.69) is 13.8 Å². The summed E-state index contributed by atoms with van der Waals surface area (Å²) in [6, 6.07) is 7.36. The van der Waals surface area contributed by atoms with E-state index in [0.717, 1.165) is 5.56 Å². The molecule has 24 heavy (non-hydrogen) atoms. The third kappa shape index (κ3) is 3.85. The molecule has 0 aliphatic heterocycles. The third-order valence-electron chi connectivity index (χ3n) is 3.51. The van der Waals surface area contributed by atoms with E-state index in [9.17, 15) is 9.59 Å². The molecule has 0 aliphatic carbocycles. The Kier molecular flexibility index (Phi) is 5.44. The molecule has 2 aromatic carbocycles. The molecule has 0 aliphatic rings. The molecule has 128 valence electrons. The summed E-state index contributed by atoms with van der Waals surface area (Å²) in [5.41, 5.74) is 1.09. The van der Waals surface area contributed by atoms with Gasteiger partial charge in [0.15, 0.2) is 11.5 Å². The Labute approximate surface area is 141 Å². The van der Waals surface area contributed by atoms with Gasteiger partial charge < -0.3 is 14.2 Å². The van der Waals surface area contributed by atoms with Gasteiger partial charge in [0.2, 0.25) is 0 Å². The van der Waals surface area contributed by atoms with Gasteiger partial charge in [0.1, 0.15) is 5.75 Å². The first kappa shape index (κ1) is 17.8. The van der Waals surface area contributed by atoms with E-state index in [1.165, 1.54) is 13.8 Å². The fourth-order valence-electron chi connectivity index (χ4n) is 2.47. The average Bonchev–Trinajstić information content (AvgIpc) is 2.49. The Balaban J connectivity index is 2.78. The molecule has 0 atom stereocenters. The van der Waals surface area contributed by atoms with Crippen molar-refractivity contribution in [3.63, 3.8) is 0 Å². The van der Waals surface area contributed by atoms with Gasteiger partial charge in [-0.1, -0.05) is 26.0 Å². The molecule has 5 nitrogen and oxygen atoms in total. The maximum atomic E-state index is 11.5. The number of carbonyl (C=O) groups is 2. The molecule has 0 aromatic heterocycles. The van der Waals surface area contributed by atoms with E-state index < -0.39 is 11.9 Å².